The number of hydrogen-bond acceptors (Lipinski definition) is 5. The van der Waals surface area contributed by atoms with Crippen molar-refractivity contribution in [3.8, 4) is 11.8 Å². The third kappa shape index (κ3) is 6.50. The average Bonchev–Trinajstić information content (AvgIpc) is 3.21. The van der Waals surface area contributed by atoms with E-state index in [1.807, 2.05) is 74.8 Å². The molecule has 0 saturated heterocycles. The van der Waals surface area contributed by atoms with Crippen LogP contribution in [0, 0.1) is 11.8 Å². The summed E-state index contributed by atoms with van der Waals surface area (Å²) in [5, 5.41) is 14.6. The quantitative estimate of drug-likeness (QED) is 0.346. The third-order valence-corrected chi connectivity index (χ3v) is 5.88. The van der Waals surface area contributed by atoms with Crippen LogP contribution in [0.15, 0.2) is 77.8 Å². The average molecular weight is 495 g/mol. The standard InChI is InChI=1S/C30H30N4O3/c1-20(19-35)31-27(36)16-12-21-11-15-25-26(17-21)33-30(37)28(25)29(23-7-5-4-6-8-23)32-24-13-9-22(10-14-24)18-34(2)3/h4-11,13-15,17,20,28,35H,18-19H2,1-3H3,(H,31,36)(H,33,37)/t20-,28?/m1/s1. The number of anilines is 1. The lowest BCUT2D eigenvalue weighted by molar-refractivity contribution is -0.117. The summed E-state index contributed by atoms with van der Waals surface area (Å²) in [5.74, 6) is 4.12. The molecule has 0 aromatic heterocycles. The summed E-state index contributed by atoms with van der Waals surface area (Å²) in [4.78, 5) is 32.2. The Labute approximate surface area is 217 Å². The van der Waals surface area contributed by atoms with Gasteiger partial charge in [-0.05, 0) is 62.0 Å². The fourth-order valence-corrected chi connectivity index (χ4v) is 4.13. The molecular formula is C30H30N4O3. The number of hydrogen-bond donors (Lipinski definition) is 3. The van der Waals surface area contributed by atoms with E-state index in [0.717, 1.165) is 23.4 Å². The van der Waals surface area contributed by atoms with Gasteiger partial charge in [-0.2, -0.15) is 0 Å². The van der Waals surface area contributed by atoms with E-state index in [2.05, 4.69) is 27.4 Å². The highest BCUT2D eigenvalue weighted by Crippen LogP contribution is 2.36. The number of carbonyl (C=O) groups is 2. The molecule has 7 nitrogen and oxygen atoms in total. The van der Waals surface area contributed by atoms with Crippen molar-refractivity contribution in [3.63, 3.8) is 0 Å². The third-order valence-electron chi connectivity index (χ3n) is 5.88. The number of carbonyl (C=O) groups excluding carboxylic acids is 2. The van der Waals surface area contributed by atoms with Crippen LogP contribution in [-0.4, -0.2) is 54.3 Å². The molecule has 0 aliphatic carbocycles. The van der Waals surface area contributed by atoms with Crippen LogP contribution in [0.25, 0.3) is 0 Å². The van der Waals surface area contributed by atoms with Crippen molar-refractivity contribution < 1.29 is 14.7 Å². The molecule has 0 bridgehead atoms. The summed E-state index contributed by atoms with van der Waals surface area (Å²) in [7, 11) is 4.05. The van der Waals surface area contributed by atoms with Crippen LogP contribution in [0.5, 0.6) is 0 Å². The summed E-state index contributed by atoms with van der Waals surface area (Å²) in [6.45, 7) is 2.36. The molecule has 37 heavy (non-hydrogen) atoms. The lowest BCUT2D eigenvalue weighted by Gasteiger charge is -2.14. The minimum Gasteiger partial charge on any atom is -0.394 e. The summed E-state index contributed by atoms with van der Waals surface area (Å²) >= 11 is 0. The zero-order valence-corrected chi connectivity index (χ0v) is 21.2. The molecule has 0 spiro atoms. The predicted molar refractivity (Wildman–Crippen MR) is 146 cm³/mol. The van der Waals surface area contributed by atoms with Crippen molar-refractivity contribution in [2.75, 3.05) is 26.0 Å². The molecule has 7 heteroatoms. The minimum absolute atomic E-state index is 0.161. The Bertz CT molecular complexity index is 1370. The van der Waals surface area contributed by atoms with Crippen molar-refractivity contribution >= 4 is 28.9 Å². The fraction of sp³-hybridized carbons (Fsp3) is 0.233. The maximum absolute atomic E-state index is 13.2. The van der Waals surface area contributed by atoms with Crippen molar-refractivity contribution in [2.24, 2.45) is 4.99 Å². The molecule has 3 N–H and O–H groups in total. The number of nitrogens with one attached hydrogen (secondary N) is 2. The maximum Gasteiger partial charge on any atom is 0.296 e. The highest BCUT2D eigenvalue weighted by Gasteiger charge is 2.35. The zero-order valence-electron chi connectivity index (χ0n) is 21.2. The molecular weight excluding hydrogens is 464 g/mol. The molecule has 2 amide bonds. The molecule has 188 valence electrons. The molecule has 3 aromatic rings. The first-order valence-electron chi connectivity index (χ1n) is 12.1. The largest absolute Gasteiger partial charge is 0.394 e. The van der Waals surface area contributed by atoms with Gasteiger partial charge < -0.3 is 20.6 Å². The first-order chi connectivity index (χ1) is 17.8. The van der Waals surface area contributed by atoms with Gasteiger partial charge >= 0.3 is 0 Å². The van der Waals surface area contributed by atoms with E-state index in [1.165, 1.54) is 5.56 Å². The lowest BCUT2D eigenvalue weighted by Crippen LogP contribution is -2.33. The second kappa shape index (κ2) is 11.7. The number of fused-ring (bicyclic) bond motifs is 1. The molecule has 1 aliphatic rings. The number of benzene rings is 3. The molecule has 1 unspecified atom stereocenters. The zero-order chi connectivity index (χ0) is 26.4. The minimum atomic E-state index is -0.588. The van der Waals surface area contributed by atoms with Crippen LogP contribution in [0.3, 0.4) is 0 Å². The Balaban J connectivity index is 1.67. The van der Waals surface area contributed by atoms with E-state index in [9.17, 15) is 9.59 Å². The monoisotopic (exact) mass is 494 g/mol. The highest BCUT2D eigenvalue weighted by atomic mass is 16.3. The Hall–Kier alpha value is -4.25. The van der Waals surface area contributed by atoms with Gasteiger partial charge in [-0.3, -0.25) is 14.6 Å². The second-order valence-electron chi connectivity index (χ2n) is 9.30. The van der Waals surface area contributed by atoms with Crippen molar-refractivity contribution in [1.82, 2.24) is 10.2 Å². The van der Waals surface area contributed by atoms with E-state index < -0.39 is 11.8 Å². The van der Waals surface area contributed by atoms with E-state index in [-0.39, 0.29) is 18.6 Å². The van der Waals surface area contributed by atoms with Gasteiger partial charge in [0.15, 0.2) is 0 Å². The summed E-state index contributed by atoms with van der Waals surface area (Å²) in [5.41, 5.74) is 5.54. The van der Waals surface area contributed by atoms with Gasteiger partial charge in [0.1, 0.15) is 5.92 Å². The number of rotatable bonds is 7. The lowest BCUT2D eigenvalue weighted by atomic mass is 9.90. The number of aliphatic imine (C=N–C) groups is 1. The van der Waals surface area contributed by atoms with E-state index >= 15 is 0 Å². The predicted octanol–water partition coefficient (Wildman–Crippen LogP) is 3.45. The molecule has 0 radical (unpaired) electrons. The Morgan fingerprint density at radius 3 is 2.51 bits per heavy atom. The van der Waals surface area contributed by atoms with E-state index in [0.29, 0.717) is 17.0 Å². The van der Waals surface area contributed by atoms with Gasteiger partial charge in [0.05, 0.1) is 24.0 Å². The van der Waals surface area contributed by atoms with Gasteiger partial charge in [-0.25, -0.2) is 0 Å². The second-order valence-corrected chi connectivity index (χ2v) is 9.30. The SMILES string of the molecule is C[C@H](CO)NC(=O)C#Cc1ccc2c(c1)NC(=O)C2C(=Nc1ccc(CN(C)C)cc1)c1ccccc1. The van der Waals surface area contributed by atoms with Crippen LogP contribution < -0.4 is 10.6 Å². The first kappa shape index (κ1) is 25.8. The van der Waals surface area contributed by atoms with Gasteiger partial charge in [0, 0.05) is 23.7 Å². The maximum atomic E-state index is 13.2. The van der Waals surface area contributed by atoms with Gasteiger partial charge in [-0.15, -0.1) is 0 Å². The topological polar surface area (TPSA) is 94.0 Å². The Morgan fingerprint density at radius 1 is 1.11 bits per heavy atom. The normalized spacial score (nSPS) is 15.4. The molecule has 1 heterocycles. The molecule has 1 aliphatic heterocycles. The molecule has 2 atom stereocenters. The van der Waals surface area contributed by atoms with Gasteiger partial charge in [0.2, 0.25) is 5.91 Å². The van der Waals surface area contributed by atoms with Crippen LogP contribution in [0.2, 0.25) is 0 Å². The number of aliphatic hydroxyl groups excluding tert-OH is 1. The van der Waals surface area contributed by atoms with Gasteiger partial charge in [0.25, 0.3) is 5.91 Å². The molecule has 0 saturated carbocycles. The van der Waals surface area contributed by atoms with Crippen molar-refractivity contribution in [3.05, 3.63) is 95.1 Å². The van der Waals surface area contributed by atoms with Crippen LogP contribution in [-0.2, 0) is 16.1 Å². The van der Waals surface area contributed by atoms with Crippen LogP contribution >= 0.6 is 0 Å². The van der Waals surface area contributed by atoms with E-state index in [1.54, 1.807) is 19.1 Å². The molecule has 4 rings (SSSR count). The smallest absolute Gasteiger partial charge is 0.296 e. The summed E-state index contributed by atoms with van der Waals surface area (Å²) in [6.07, 6.45) is 0. The van der Waals surface area contributed by atoms with E-state index in [4.69, 9.17) is 10.1 Å². The Kier molecular flexibility index (Phi) is 8.14. The number of aliphatic hydroxyl groups is 1. The van der Waals surface area contributed by atoms with Crippen LogP contribution in [0.4, 0.5) is 11.4 Å². The number of nitrogens with zero attached hydrogens (tertiary/aromatic N) is 2. The highest BCUT2D eigenvalue weighted by molar-refractivity contribution is 6.24. The number of amides is 2. The summed E-state index contributed by atoms with van der Waals surface area (Å²) in [6, 6.07) is 22.8. The molecule has 3 aromatic carbocycles. The van der Waals surface area contributed by atoms with Crippen LogP contribution in [0.1, 0.15) is 35.1 Å². The molecule has 0 fully saturated rings. The van der Waals surface area contributed by atoms with Crippen molar-refractivity contribution in [1.29, 1.82) is 0 Å². The Morgan fingerprint density at radius 2 is 1.84 bits per heavy atom. The fourth-order valence-electron chi connectivity index (χ4n) is 4.13. The first-order valence-corrected chi connectivity index (χ1v) is 12.1. The summed E-state index contributed by atoms with van der Waals surface area (Å²) < 4.78 is 0. The van der Waals surface area contributed by atoms with Crippen molar-refractivity contribution in [2.45, 2.75) is 25.4 Å². The van der Waals surface area contributed by atoms with Gasteiger partial charge in [-0.1, -0.05) is 54.5 Å².